The second-order valence-electron chi connectivity index (χ2n) is 12.7. The summed E-state index contributed by atoms with van der Waals surface area (Å²) in [5, 5.41) is 5.89. The van der Waals surface area contributed by atoms with Crippen LogP contribution in [0.15, 0.2) is 66.3 Å². The van der Waals surface area contributed by atoms with Crippen LogP contribution in [0.4, 0.5) is 0 Å². The molecule has 0 aromatic heterocycles. The second kappa shape index (κ2) is 8.20. The molecule has 3 aromatic carbocycles. The fraction of sp³-hybridized carbons (Fsp3) is 0.471. The molecule has 180 valence electrons. The molecule has 3 aromatic rings. The second-order valence-corrected chi connectivity index (χ2v) is 17.5. The number of hydrogen-bond acceptors (Lipinski definition) is 0. The summed E-state index contributed by atoms with van der Waals surface area (Å²) in [5.41, 5.74) is 7.49. The van der Waals surface area contributed by atoms with Gasteiger partial charge in [0.2, 0.25) is 0 Å². The summed E-state index contributed by atoms with van der Waals surface area (Å²) < 4.78 is 0. The first kappa shape index (κ1) is 22.1. The van der Waals surface area contributed by atoms with Crippen LogP contribution < -0.4 is 0 Å². The molecule has 1 heterocycles. The lowest BCUT2D eigenvalue weighted by molar-refractivity contribution is 0.527. The van der Waals surface area contributed by atoms with E-state index in [1.165, 1.54) is 47.4 Å². The van der Waals surface area contributed by atoms with Gasteiger partial charge in [0.1, 0.15) is 0 Å². The van der Waals surface area contributed by atoms with Gasteiger partial charge in [0.15, 0.2) is 0 Å². The first-order chi connectivity index (χ1) is 17.1. The summed E-state index contributed by atoms with van der Waals surface area (Å²) in [5.74, 6) is 3.28. The van der Waals surface area contributed by atoms with E-state index in [0.29, 0.717) is 0 Å². The average molecular weight is 477 g/mol. The number of fused-ring (bicyclic) bond motifs is 5. The van der Waals surface area contributed by atoms with Crippen molar-refractivity contribution in [3.63, 3.8) is 0 Å². The summed E-state index contributed by atoms with van der Waals surface area (Å²) in [6, 6.07) is 23.4. The molecular weight excluding hydrogens is 436 g/mol. The molecule has 1 saturated carbocycles. The first-order valence-electron chi connectivity index (χ1n) is 14.4. The van der Waals surface area contributed by atoms with Gasteiger partial charge >= 0.3 is 0 Å². The van der Waals surface area contributed by atoms with Crippen molar-refractivity contribution in [1.29, 1.82) is 0 Å². The Morgan fingerprint density at radius 1 is 1.00 bits per heavy atom. The van der Waals surface area contributed by atoms with E-state index in [2.05, 4.69) is 81.5 Å². The van der Waals surface area contributed by atoms with Crippen LogP contribution in [-0.2, 0) is 6.42 Å². The van der Waals surface area contributed by atoms with Crippen LogP contribution in [0, 0.1) is 23.7 Å². The predicted molar refractivity (Wildman–Crippen MR) is 155 cm³/mol. The summed E-state index contributed by atoms with van der Waals surface area (Å²) >= 11 is 0. The summed E-state index contributed by atoms with van der Waals surface area (Å²) in [6.45, 7) is 7.62. The lowest BCUT2D eigenvalue weighted by Gasteiger charge is -2.43. The van der Waals surface area contributed by atoms with Crippen LogP contribution in [0.1, 0.15) is 57.6 Å². The van der Waals surface area contributed by atoms with Crippen molar-refractivity contribution in [2.24, 2.45) is 23.7 Å². The van der Waals surface area contributed by atoms with Crippen LogP contribution in [0.3, 0.4) is 0 Å². The Balaban J connectivity index is 1.39. The molecule has 0 spiro atoms. The van der Waals surface area contributed by atoms with E-state index in [9.17, 15) is 0 Å². The highest BCUT2D eigenvalue weighted by atomic mass is 28.3. The lowest BCUT2D eigenvalue weighted by Crippen LogP contribution is -2.42. The number of allylic oxidation sites excluding steroid dienone is 4. The normalized spacial score (nSPS) is 29.6. The minimum absolute atomic E-state index is 0.722. The van der Waals surface area contributed by atoms with Crippen LogP contribution >= 0.6 is 0 Å². The highest BCUT2D eigenvalue weighted by Crippen LogP contribution is 2.63. The third-order valence-corrected chi connectivity index (χ3v) is 17.3. The summed E-state index contributed by atoms with van der Waals surface area (Å²) in [6.07, 6.45) is 12.2. The molecule has 0 radical (unpaired) electrons. The Morgan fingerprint density at radius 2 is 1.80 bits per heavy atom. The van der Waals surface area contributed by atoms with E-state index in [-0.39, 0.29) is 0 Å². The van der Waals surface area contributed by atoms with Gasteiger partial charge in [-0.2, -0.15) is 0 Å². The lowest BCUT2D eigenvalue weighted by atomic mass is 9.71. The number of hydrogen-bond donors (Lipinski definition) is 0. The van der Waals surface area contributed by atoms with Crippen molar-refractivity contribution in [2.45, 2.75) is 76.5 Å². The first-order valence-corrected chi connectivity index (χ1v) is 17.1. The van der Waals surface area contributed by atoms with Gasteiger partial charge < -0.3 is 0 Å². The Hall–Kier alpha value is -2.12. The largest absolute Gasteiger partial charge is 0.0805 e. The van der Waals surface area contributed by atoms with E-state index in [4.69, 9.17) is 0 Å². The van der Waals surface area contributed by atoms with E-state index in [0.717, 1.165) is 35.6 Å². The molecule has 0 amide bonds. The van der Waals surface area contributed by atoms with E-state index >= 15 is 0 Å². The Kier molecular flexibility index (Phi) is 5.18. The maximum absolute atomic E-state index is 2.73. The predicted octanol–water partition coefficient (Wildman–Crippen LogP) is 9.80. The topological polar surface area (TPSA) is 0 Å². The molecule has 0 bridgehead atoms. The Morgan fingerprint density at radius 3 is 2.63 bits per heavy atom. The van der Waals surface area contributed by atoms with Gasteiger partial charge in [-0.3, -0.25) is 0 Å². The fourth-order valence-electron chi connectivity index (χ4n) is 9.39. The number of benzene rings is 3. The monoisotopic (exact) mass is 476 g/mol. The molecule has 35 heavy (non-hydrogen) atoms. The standard InChI is InChI=1S/C34H40Si/c1-4-22(2)21-35(16-7-8-17-35)34-23(3)18-30-29(34)15-14-27-20-26-12-9-11-25-19-24-10-5-6-13-28(24)33(31(25)26)32(27)30/h5-6,9-15,19,22-23,29-30,34H,4,7-8,16-18,20-21H2,1-3H3. The van der Waals surface area contributed by atoms with E-state index in [1.807, 2.05) is 0 Å². The molecule has 5 atom stereocenters. The molecule has 5 unspecified atom stereocenters. The highest BCUT2D eigenvalue weighted by molar-refractivity contribution is 6.82. The summed E-state index contributed by atoms with van der Waals surface area (Å²) in [4.78, 5) is 0. The van der Waals surface area contributed by atoms with Crippen molar-refractivity contribution in [3.05, 3.63) is 77.4 Å². The van der Waals surface area contributed by atoms with Gasteiger partial charge in [-0.05, 0) is 91.9 Å². The molecule has 1 saturated heterocycles. The smallest absolute Gasteiger partial charge is 0.0578 e. The van der Waals surface area contributed by atoms with Gasteiger partial charge in [0.05, 0.1) is 8.07 Å². The third kappa shape index (κ3) is 3.23. The zero-order chi connectivity index (χ0) is 23.7. The highest BCUT2D eigenvalue weighted by Gasteiger charge is 2.55. The minimum atomic E-state index is -1.27. The fourth-order valence-corrected chi connectivity index (χ4v) is 17.1. The average Bonchev–Trinajstić information content (AvgIpc) is 3.47. The minimum Gasteiger partial charge on any atom is -0.0805 e. The third-order valence-electron chi connectivity index (χ3n) is 10.7. The maximum Gasteiger partial charge on any atom is 0.0578 e. The van der Waals surface area contributed by atoms with Crippen molar-refractivity contribution >= 4 is 35.2 Å². The van der Waals surface area contributed by atoms with Crippen LogP contribution in [0.2, 0.25) is 23.7 Å². The van der Waals surface area contributed by atoms with Gasteiger partial charge in [0.25, 0.3) is 0 Å². The molecule has 7 rings (SSSR count). The van der Waals surface area contributed by atoms with Crippen molar-refractivity contribution in [1.82, 2.24) is 0 Å². The molecule has 0 nitrogen and oxygen atoms in total. The van der Waals surface area contributed by atoms with Crippen LogP contribution in [-0.4, -0.2) is 8.07 Å². The zero-order valence-electron chi connectivity index (χ0n) is 21.8. The summed E-state index contributed by atoms with van der Waals surface area (Å²) in [7, 11) is -1.27. The molecule has 4 aliphatic rings. The quantitative estimate of drug-likeness (QED) is 0.259. The van der Waals surface area contributed by atoms with E-state index < -0.39 is 8.07 Å². The Labute approximate surface area is 212 Å². The van der Waals surface area contributed by atoms with Gasteiger partial charge in [-0.1, -0.05) is 113 Å². The van der Waals surface area contributed by atoms with Crippen LogP contribution in [0.5, 0.6) is 0 Å². The van der Waals surface area contributed by atoms with Gasteiger partial charge in [0, 0.05) is 0 Å². The maximum atomic E-state index is 2.73. The molecule has 2 fully saturated rings. The molecular formula is C34H40Si. The van der Waals surface area contributed by atoms with Gasteiger partial charge in [-0.25, -0.2) is 0 Å². The SMILES string of the molecule is CCC(C)C[Si]1(C2C(C)CC3C4=C(C=CC32)Cc2cccc3cc5ccccc5c4c23)CCCC1. The van der Waals surface area contributed by atoms with Crippen molar-refractivity contribution in [3.8, 4) is 0 Å². The zero-order valence-corrected chi connectivity index (χ0v) is 22.8. The van der Waals surface area contributed by atoms with E-state index in [1.54, 1.807) is 40.2 Å². The van der Waals surface area contributed by atoms with Crippen molar-refractivity contribution < 1.29 is 0 Å². The van der Waals surface area contributed by atoms with Crippen LogP contribution in [0.25, 0.3) is 27.1 Å². The van der Waals surface area contributed by atoms with Gasteiger partial charge in [-0.15, -0.1) is 0 Å². The molecule has 3 aliphatic carbocycles. The Bertz CT molecular complexity index is 1370. The molecule has 0 N–H and O–H groups in total. The molecule has 1 aliphatic heterocycles. The number of rotatable bonds is 4. The molecule has 1 heteroatoms. The van der Waals surface area contributed by atoms with Crippen molar-refractivity contribution in [2.75, 3.05) is 0 Å².